The Labute approximate surface area is 174 Å². The third kappa shape index (κ3) is 5.03. The first-order chi connectivity index (χ1) is 13.8. The molecule has 1 heterocycles. The summed E-state index contributed by atoms with van der Waals surface area (Å²) >= 11 is 5.84. The molecule has 7 heteroatoms. The third-order valence-corrected chi connectivity index (χ3v) is 5.02. The molecule has 3 rings (SSSR count). The first-order valence-corrected chi connectivity index (χ1v) is 9.58. The van der Waals surface area contributed by atoms with E-state index in [1.165, 1.54) is 11.8 Å². The standard InChI is InChI=1S/C22H22ClN3O3/c1-15(27)26-12-11-16-5-3-4-6-19(16)20(26)13-22(29)25(2)14-21(28)24-18-9-7-17(23)8-10-18/h3-12,20H,13-14H2,1-2H3,(H,24,28)/t20-/m0/s1. The molecule has 2 aromatic carbocycles. The lowest BCUT2D eigenvalue weighted by Gasteiger charge is -2.33. The molecule has 1 aliphatic rings. The molecule has 1 atom stereocenters. The van der Waals surface area contributed by atoms with Gasteiger partial charge in [-0.2, -0.15) is 0 Å². The number of nitrogens with zero attached hydrogens (tertiary/aromatic N) is 2. The van der Waals surface area contributed by atoms with Gasteiger partial charge in [0.15, 0.2) is 0 Å². The van der Waals surface area contributed by atoms with Crippen molar-refractivity contribution in [1.82, 2.24) is 9.80 Å². The number of rotatable bonds is 5. The number of carbonyl (C=O) groups excluding carboxylic acids is 3. The maximum Gasteiger partial charge on any atom is 0.243 e. The number of anilines is 1. The molecule has 0 aliphatic carbocycles. The Hall–Kier alpha value is -3.12. The van der Waals surface area contributed by atoms with Crippen molar-refractivity contribution in [2.45, 2.75) is 19.4 Å². The van der Waals surface area contributed by atoms with Gasteiger partial charge in [-0.05, 0) is 41.5 Å². The van der Waals surface area contributed by atoms with Gasteiger partial charge in [0.25, 0.3) is 0 Å². The Balaban J connectivity index is 1.66. The minimum atomic E-state index is -0.400. The first kappa shape index (κ1) is 20.6. The predicted octanol–water partition coefficient (Wildman–Crippen LogP) is 3.70. The lowest BCUT2D eigenvalue weighted by molar-refractivity contribution is -0.136. The van der Waals surface area contributed by atoms with Crippen LogP contribution in [0.2, 0.25) is 5.02 Å². The summed E-state index contributed by atoms with van der Waals surface area (Å²) in [6, 6.07) is 14.0. The van der Waals surface area contributed by atoms with Crippen molar-refractivity contribution >= 4 is 41.1 Å². The molecular formula is C22H22ClN3O3. The van der Waals surface area contributed by atoms with Crippen LogP contribution in [0.4, 0.5) is 5.69 Å². The molecule has 29 heavy (non-hydrogen) atoms. The highest BCUT2D eigenvalue weighted by Gasteiger charge is 2.29. The summed E-state index contributed by atoms with van der Waals surface area (Å²) in [7, 11) is 1.58. The summed E-state index contributed by atoms with van der Waals surface area (Å²) in [6.07, 6.45) is 3.66. The maximum atomic E-state index is 12.8. The molecule has 3 amide bonds. The van der Waals surface area contributed by atoms with Gasteiger partial charge in [0.2, 0.25) is 17.7 Å². The quantitative estimate of drug-likeness (QED) is 0.815. The van der Waals surface area contributed by atoms with Crippen LogP contribution in [0.1, 0.15) is 30.5 Å². The number of halogens is 1. The van der Waals surface area contributed by atoms with Crippen molar-refractivity contribution in [2.24, 2.45) is 0 Å². The van der Waals surface area contributed by atoms with Crippen LogP contribution in [0.25, 0.3) is 6.08 Å². The Morgan fingerprint density at radius 3 is 2.48 bits per heavy atom. The van der Waals surface area contributed by atoms with Gasteiger partial charge in [0.05, 0.1) is 19.0 Å². The van der Waals surface area contributed by atoms with Gasteiger partial charge in [-0.25, -0.2) is 0 Å². The zero-order valence-electron chi connectivity index (χ0n) is 16.3. The molecule has 0 radical (unpaired) electrons. The molecule has 150 valence electrons. The molecule has 0 unspecified atom stereocenters. The summed E-state index contributed by atoms with van der Waals surface area (Å²) in [4.78, 5) is 40.0. The van der Waals surface area contributed by atoms with Crippen LogP contribution in [-0.2, 0) is 14.4 Å². The number of nitrogens with one attached hydrogen (secondary N) is 1. The molecular weight excluding hydrogens is 390 g/mol. The number of likely N-dealkylation sites (N-methyl/N-ethyl adjacent to an activating group) is 1. The smallest absolute Gasteiger partial charge is 0.243 e. The molecule has 1 aliphatic heterocycles. The van der Waals surface area contributed by atoms with Gasteiger partial charge < -0.3 is 15.1 Å². The van der Waals surface area contributed by atoms with Crippen molar-refractivity contribution < 1.29 is 14.4 Å². The molecule has 0 aromatic heterocycles. The molecule has 0 saturated heterocycles. The van der Waals surface area contributed by atoms with Crippen LogP contribution in [0.5, 0.6) is 0 Å². The minimum Gasteiger partial charge on any atom is -0.336 e. The zero-order chi connectivity index (χ0) is 21.0. The normalized spacial score (nSPS) is 14.9. The number of benzene rings is 2. The third-order valence-electron chi connectivity index (χ3n) is 4.77. The fourth-order valence-electron chi connectivity index (χ4n) is 3.27. The molecule has 2 aromatic rings. The van der Waals surface area contributed by atoms with Crippen molar-refractivity contribution in [1.29, 1.82) is 0 Å². The van der Waals surface area contributed by atoms with E-state index in [0.717, 1.165) is 11.1 Å². The van der Waals surface area contributed by atoms with Gasteiger partial charge >= 0.3 is 0 Å². The highest BCUT2D eigenvalue weighted by Crippen LogP contribution is 2.33. The number of fused-ring (bicyclic) bond motifs is 1. The van der Waals surface area contributed by atoms with Crippen LogP contribution in [-0.4, -0.2) is 41.1 Å². The van der Waals surface area contributed by atoms with Crippen LogP contribution in [0.15, 0.2) is 54.7 Å². The monoisotopic (exact) mass is 411 g/mol. The Morgan fingerprint density at radius 1 is 1.10 bits per heavy atom. The molecule has 0 saturated carbocycles. The van der Waals surface area contributed by atoms with E-state index < -0.39 is 6.04 Å². The van der Waals surface area contributed by atoms with E-state index in [1.807, 2.05) is 30.3 Å². The molecule has 1 N–H and O–H groups in total. The first-order valence-electron chi connectivity index (χ1n) is 9.20. The van der Waals surface area contributed by atoms with Gasteiger partial charge in [0, 0.05) is 30.9 Å². The van der Waals surface area contributed by atoms with Crippen molar-refractivity contribution in [3.8, 4) is 0 Å². The van der Waals surface area contributed by atoms with E-state index >= 15 is 0 Å². The minimum absolute atomic E-state index is 0.0889. The lowest BCUT2D eigenvalue weighted by Crippen LogP contribution is -2.39. The van der Waals surface area contributed by atoms with Crippen LogP contribution < -0.4 is 5.32 Å². The van der Waals surface area contributed by atoms with E-state index in [1.54, 1.807) is 42.4 Å². The Kier molecular flexibility index (Phi) is 6.34. The van der Waals surface area contributed by atoms with Crippen molar-refractivity contribution in [3.05, 3.63) is 70.9 Å². The summed E-state index contributed by atoms with van der Waals surface area (Å²) < 4.78 is 0. The van der Waals surface area contributed by atoms with Crippen molar-refractivity contribution in [2.75, 3.05) is 18.9 Å². The highest BCUT2D eigenvalue weighted by atomic mass is 35.5. The van der Waals surface area contributed by atoms with Gasteiger partial charge in [-0.1, -0.05) is 35.9 Å². The second-order valence-electron chi connectivity index (χ2n) is 6.90. The largest absolute Gasteiger partial charge is 0.336 e. The molecule has 6 nitrogen and oxygen atoms in total. The zero-order valence-corrected chi connectivity index (χ0v) is 17.0. The average molecular weight is 412 g/mol. The van der Waals surface area contributed by atoms with Gasteiger partial charge in [-0.3, -0.25) is 14.4 Å². The van der Waals surface area contributed by atoms with E-state index in [-0.39, 0.29) is 30.7 Å². The van der Waals surface area contributed by atoms with Crippen LogP contribution >= 0.6 is 11.6 Å². The molecule has 0 spiro atoms. The number of hydrogen-bond donors (Lipinski definition) is 1. The van der Waals surface area contributed by atoms with E-state index in [0.29, 0.717) is 10.7 Å². The number of amides is 3. The van der Waals surface area contributed by atoms with E-state index in [9.17, 15) is 14.4 Å². The maximum absolute atomic E-state index is 12.8. The van der Waals surface area contributed by atoms with E-state index in [4.69, 9.17) is 11.6 Å². The summed E-state index contributed by atoms with van der Waals surface area (Å²) in [5, 5.41) is 3.31. The topological polar surface area (TPSA) is 69.7 Å². The molecule has 0 bridgehead atoms. The number of carbonyl (C=O) groups is 3. The fraction of sp³-hybridized carbons (Fsp3) is 0.227. The summed E-state index contributed by atoms with van der Waals surface area (Å²) in [6.45, 7) is 1.38. The predicted molar refractivity (Wildman–Crippen MR) is 113 cm³/mol. The second-order valence-corrected chi connectivity index (χ2v) is 7.33. The summed E-state index contributed by atoms with van der Waals surface area (Å²) in [5.74, 6) is -0.676. The number of hydrogen-bond acceptors (Lipinski definition) is 3. The Morgan fingerprint density at radius 2 is 1.79 bits per heavy atom. The van der Waals surface area contributed by atoms with Crippen molar-refractivity contribution in [3.63, 3.8) is 0 Å². The van der Waals surface area contributed by atoms with Gasteiger partial charge in [0.1, 0.15) is 0 Å². The van der Waals surface area contributed by atoms with E-state index in [2.05, 4.69) is 5.32 Å². The van der Waals surface area contributed by atoms with Crippen LogP contribution in [0, 0.1) is 0 Å². The van der Waals surface area contributed by atoms with Crippen LogP contribution in [0.3, 0.4) is 0 Å². The molecule has 0 fully saturated rings. The average Bonchev–Trinajstić information content (AvgIpc) is 2.69. The highest BCUT2D eigenvalue weighted by molar-refractivity contribution is 6.30. The summed E-state index contributed by atoms with van der Waals surface area (Å²) in [5.41, 5.74) is 2.50. The fourth-order valence-corrected chi connectivity index (χ4v) is 3.40. The Bertz CT molecular complexity index is 956. The van der Waals surface area contributed by atoms with Gasteiger partial charge in [-0.15, -0.1) is 0 Å². The second kappa shape index (κ2) is 8.92. The lowest BCUT2D eigenvalue weighted by atomic mass is 9.93. The SMILES string of the molecule is CC(=O)N1C=Cc2ccccc2[C@@H]1CC(=O)N(C)CC(=O)Nc1ccc(Cl)cc1.